The monoisotopic (exact) mass is 411 g/mol. The fraction of sp³-hybridized carbons (Fsp3) is 0.217. The van der Waals surface area contributed by atoms with Crippen LogP contribution < -0.4 is 0 Å². The number of hydrogen-bond acceptors (Lipinski definition) is 4. The third kappa shape index (κ3) is 5.31. The summed E-state index contributed by atoms with van der Waals surface area (Å²) in [7, 11) is -3.91. The average Bonchev–Trinajstić information content (AvgIpc) is 2.74. The Balaban J connectivity index is 1.91. The van der Waals surface area contributed by atoms with Crippen LogP contribution in [-0.2, 0) is 10.0 Å². The molecule has 0 aliphatic rings. The molecule has 0 saturated carbocycles. The molecule has 29 heavy (non-hydrogen) atoms. The average molecular weight is 412 g/mol. The minimum Gasteiger partial charge on any atom is -0.387 e. The van der Waals surface area contributed by atoms with E-state index < -0.39 is 22.2 Å². The van der Waals surface area contributed by atoms with Gasteiger partial charge in [0.1, 0.15) is 0 Å². The first-order valence-electron chi connectivity index (χ1n) is 9.41. The predicted molar refractivity (Wildman–Crippen MR) is 113 cm³/mol. The van der Waals surface area contributed by atoms with Gasteiger partial charge in [-0.2, -0.15) is 4.31 Å². The molecule has 2 unspecified atom stereocenters. The molecule has 3 aromatic rings. The molecule has 2 atom stereocenters. The Morgan fingerprint density at radius 3 is 1.55 bits per heavy atom. The van der Waals surface area contributed by atoms with Crippen molar-refractivity contribution in [3.8, 4) is 0 Å². The van der Waals surface area contributed by atoms with E-state index in [4.69, 9.17) is 0 Å². The molecule has 152 valence electrons. The van der Waals surface area contributed by atoms with E-state index in [0.29, 0.717) is 11.1 Å². The Labute approximate surface area is 171 Å². The van der Waals surface area contributed by atoms with Gasteiger partial charge in [-0.05, 0) is 30.2 Å². The van der Waals surface area contributed by atoms with Crippen LogP contribution in [-0.4, -0.2) is 36.0 Å². The maximum atomic E-state index is 13.3. The van der Waals surface area contributed by atoms with E-state index in [9.17, 15) is 18.6 Å². The zero-order valence-corrected chi connectivity index (χ0v) is 17.0. The van der Waals surface area contributed by atoms with Gasteiger partial charge >= 0.3 is 0 Å². The second kappa shape index (κ2) is 9.33. The summed E-state index contributed by atoms with van der Waals surface area (Å²) in [5.41, 5.74) is 2.18. The van der Waals surface area contributed by atoms with Crippen LogP contribution in [0, 0.1) is 6.92 Å². The number of aliphatic hydroxyl groups excluding tert-OH is 2. The van der Waals surface area contributed by atoms with Gasteiger partial charge in [0, 0.05) is 13.1 Å². The molecule has 0 radical (unpaired) electrons. The lowest BCUT2D eigenvalue weighted by atomic mass is 10.1. The first-order chi connectivity index (χ1) is 13.9. The summed E-state index contributed by atoms with van der Waals surface area (Å²) in [6, 6.07) is 24.3. The number of benzene rings is 3. The lowest BCUT2D eigenvalue weighted by molar-refractivity contribution is 0.108. The highest BCUT2D eigenvalue weighted by molar-refractivity contribution is 7.89. The van der Waals surface area contributed by atoms with Gasteiger partial charge in [-0.3, -0.25) is 0 Å². The minimum absolute atomic E-state index is 0.128. The van der Waals surface area contributed by atoms with Gasteiger partial charge in [0.05, 0.1) is 17.1 Å². The van der Waals surface area contributed by atoms with Gasteiger partial charge in [-0.1, -0.05) is 78.4 Å². The zero-order valence-electron chi connectivity index (χ0n) is 16.2. The van der Waals surface area contributed by atoms with Crippen LogP contribution in [0.1, 0.15) is 28.9 Å². The van der Waals surface area contributed by atoms with Crippen molar-refractivity contribution in [2.45, 2.75) is 24.0 Å². The van der Waals surface area contributed by atoms with Crippen molar-refractivity contribution in [2.24, 2.45) is 0 Å². The van der Waals surface area contributed by atoms with Gasteiger partial charge in [0.2, 0.25) is 10.0 Å². The summed E-state index contributed by atoms with van der Waals surface area (Å²) < 4.78 is 27.7. The molecule has 0 spiro atoms. The highest BCUT2D eigenvalue weighted by atomic mass is 32.2. The van der Waals surface area contributed by atoms with E-state index in [1.807, 2.05) is 19.1 Å². The molecule has 0 saturated heterocycles. The van der Waals surface area contributed by atoms with Crippen LogP contribution in [0.2, 0.25) is 0 Å². The van der Waals surface area contributed by atoms with Crippen molar-refractivity contribution >= 4 is 10.0 Å². The van der Waals surface area contributed by atoms with Gasteiger partial charge in [0.25, 0.3) is 0 Å². The SMILES string of the molecule is Cc1ccc(S(=O)(=O)N(CC(O)c2ccccc2)CC(O)c2ccccc2)cc1. The molecule has 3 aromatic carbocycles. The van der Waals surface area contributed by atoms with Crippen molar-refractivity contribution in [1.82, 2.24) is 4.31 Å². The quantitative estimate of drug-likeness (QED) is 0.595. The van der Waals surface area contributed by atoms with Crippen molar-refractivity contribution in [1.29, 1.82) is 0 Å². The molecule has 0 bridgehead atoms. The maximum absolute atomic E-state index is 13.3. The van der Waals surface area contributed by atoms with E-state index in [0.717, 1.165) is 9.87 Å². The van der Waals surface area contributed by atoms with Gasteiger partial charge < -0.3 is 10.2 Å². The number of hydrogen-bond donors (Lipinski definition) is 2. The molecule has 6 heteroatoms. The molecule has 5 nitrogen and oxygen atoms in total. The normalized spacial score (nSPS) is 13.9. The van der Waals surface area contributed by atoms with Crippen molar-refractivity contribution in [3.05, 3.63) is 102 Å². The Morgan fingerprint density at radius 2 is 1.14 bits per heavy atom. The van der Waals surface area contributed by atoms with Crippen LogP contribution in [0.5, 0.6) is 0 Å². The summed E-state index contributed by atoms with van der Waals surface area (Å²) >= 11 is 0. The molecular weight excluding hydrogens is 386 g/mol. The lowest BCUT2D eigenvalue weighted by Crippen LogP contribution is -2.38. The summed E-state index contributed by atoms with van der Waals surface area (Å²) in [6.45, 7) is 1.56. The Bertz CT molecular complexity index is 958. The molecular formula is C23H25NO4S. The Kier molecular flexibility index (Phi) is 6.82. The van der Waals surface area contributed by atoms with Gasteiger partial charge in [-0.25, -0.2) is 8.42 Å². The molecule has 3 rings (SSSR count). The predicted octanol–water partition coefficient (Wildman–Crippen LogP) is 3.45. The molecule has 0 aliphatic heterocycles. The second-order valence-corrected chi connectivity index (χ2v) is 8.93. The molecule has 0 heterocycles. The molecule has 0 amide bonds. The second-order valence-electron chi connectivity index (χ2n) is 6.99. The number of aryl methyl sites for hydroxylation is 1. The van der Waals surface area contributed by atoms with E-state index in [1.54, 1.807) is 72.8 Å². The van der Waals surface area contributed by atoms with Crippen molar-refractivity contribution < 1.29 is 18.6 Å². The van der Waals surface area contributed by atoms with Crippen LogP contribution >= 0.6 is 0 Å². The first-order valence-corrected chi connectivity index (χ1v) is 10.8. The van der Waals surface area contributed by atoms with Crippen LogP contribution in [0.25, 0.3) is 0 Å². The summed E-state index contributed by atoms with van der Waals surface area (Å²) in [5, 5.41) is 21.3. The van der Waals surface area contributed by atoms with Crippen LogP contribution in [0.4, 0.5) is 0 Å². The third-order valence-corrected chi connectivity index (χ3v) is 6.63. The number of aliphatic hydroxyl groups is 2. The molecule has 0 aromatic heterocycles. The van der Waals surface area contributed by atoms with Crippen LogP contribution in [0.3, 0.4) is 0 Å². The topological polar surface area (TPSA) is 77.8 Å². The fourth-order valence-electron chi connectivity index (χ4n) is 3.08. The largest absolute Gasteiger partial charge is 0.387 e. The highest BCUT2D eigenvalue weighted by Crippen LogP contribution is 2.24. The third-order valence-electron chi connectivity index (χ3n) is 4.78. The Morgan fingerprint density at radius 1 is 0.724 bits per heavy atom. The summed E-state index contributed by atoms with van der Waals surface area (Å²) in [6.07, 6.45) is -2.03. The minimum atomic E-state index is -3.91. The number of rotatable bonds is 8. The highest BCUT2D eigenvalue weighted by Gasteiger charge is 2.29. The van der Waals surface area contributed by atoms with E-state index >= 15 is 0 Å². The van der Waals surface area contributed by atoms with E-state index in [-0.39, 0.29) is 18.0 Å². The van der Waals surface area contributed by atoms with Crippen LogP contribution in [0.15, 0.2) is 89.8 Å². The van der Waals surface area contributed by atoms with Crippen molar-refractivity contribution in [2.75, 3.05) is 13.1 Å². The van der Waals surface area contributed by atoms with E-state index in [2.05, 4.69) is 0 Å². The van der Waals surface area contributed by atoms with E-state index in [1.165, 1.54) is 0 Å². The molecule has 0 fully saturated rings. The Hall–Kier alpha value is -2.51. The van der Waals surface area contributed by atoms with Crippen molar-refractivity contribution in [3.63, 3.8) is 0 Å². The number of nitrogens with zero attached hydrogens (tertiary/aromatic N) is 1. The van der Waals surface area contributed by atoms with Gasteiger partial charge in [-0.15, -0.1) is 0 Å². The maximum Gasteiger partial charge on any atom is 0.243 e. The lowest BCUT2D eigenvalue weighted by Gasteiger charge is -2.27. The summed E-state index contributed by atoms with van der Waals surface area (Å²) in [4.78, 5) is 0.128. The first kappa shape index (κ1) is 21.2. The molecule has 0 aliphatic carbocycles. The zero-order chi connectivity index (χ0) is 20.9. The van der Waals surface area contributed by atoms with Gasteiger partial charge in [0.15, 0.2) is 0 Å². The number of sulfonamides is 1. The smallest absolute Gasteiger partial charge is 0.243 e. The summed E-state index contributed by atoms with van der Waals surface area (Å²) in [5.74, 6) is 0. The molecule has 2 N–H and O–H groups in total. The standard InChI is InChI=1S/C23H25NO4S/c1-18-12-14-21(15-13-18)29(27,28)24(16-22(25)19-8-4-2-5-9-19)17-23(26)20-10-6-3-7-11-20/h2-15,22-23,25-26H,16-17H2,1H3. The fourth-order valence-corrected chi connectivity index (χ4v) is 4.53.